The Balaban J connectivity index is 1.80. The smallest absolute Gasteiger partial charge is 0.253 e. The van der Waals surface area contributed by atoms with E-state index >= 15 is 0 Å². The molecule has 1 saturated carbocycles. The molecule has 1 aliphatic rings. The lowest BCUT2D eigenvalue weighted by molar-refractivity contribution is 0.0773. The normalized spacial score (nSPS) is 14.0. The molecule has 1 heterocycles. The molecule has 1 aromatic heterocycles. The van der Waals surface area contributed by atoms with E-state index in [1.54, 1.807) is 0 Å². The van der Waals surface area contributed by atoms with Crippen molar-refractivity contribution in [3.63, 3.8) is 0 Å². The molecule has 5 heteroatoms. The van der Waals surface area contributed by atoms with Crippen LogP contribution in [0.2, 0.25) is 0 Å². The van der Waals surface area contributed by atoms with E-state index in [1.807, 2.05) is 56.0 Å². The zero-order valence-corrected chi connectivity index (χ0v) is 18.1. The summed E-state index contributed by atoms with van der Waals surface area (Å²) >= 11 is 0. The Bertz CT molecular complexity index is 1040. The number of nitrogens with two attached hydrogens (primary N) is 1. The van der Waals surface area contributed by atoms with Crippen molar-refractivity contribution in [1.29, 1.82) is 0 Å². The Hall–Kier alpha value is -2.95. The van der Waals surface area contributed by atoms with Gasteiger partial charge in [0.1, 0.15) is 5.75 Å². The van der Waals surface area contributed by atoms with Gasteiger partial charge in [-0.05, 0) is 64.3 Å². The molecule has 30 heavy (non-hydrogen) atoms. The van der Waals surface area contributed by atoms with Crippen molar-refractivity contribution in [2.24, 2.45) is 0 Å². The van der Waals surface area contributed by atoms with Crippen LogP contribution in [0.25, 0.3) is 22.2 Å². The van der Waals surface area contributed by atoms with Gasteiger partial charge in [0, 0.05) is 41.7 Å². The van der Waals surface area contributed by atoms with E-state index in [1.165, 1.54) is 6.42 Å². The number of nitrogen functional groups attached to an aromatic ring is 1. The minimum atomic E-state index is 0.0698. The number of amides is 1. The van der Waals surface area contributed by atoms with Crippen LogP contribution in [0.3, 0.4) is 0 Å². The van der Waals surface area contributed by atoms with Gasteiger partial charge in [-0.15, -0.1) is 0 Å². The fourth-order valence-corrected chi connectivity index (χ4v) is 4.36. The maximum absolute atomic E-state index is 12.7. The number of hydrogen-bond donors (Lipinski definition) is 1. The second-order valence-corrected chi connectivity index (χ2v) is 7.88. The third-order valence-corrected chi connectivity index (χ3v) is 6.22. The molecular weight excluding hydrogens is 374 g/mol. The quantitative estimate of drug-likeness (QED) is 0.565. The second-order valence-electron chi connectivity index (χ2n) is 7.88. The summed E-state index contributed by atoms with van der Waals surface area (Å²) in [6, 6.07) is 14.5. The summed E-state index contributed by atoms with van der Waals surface area (Å²) in [7, 11) is 0. The molecule has 0 atom stereocenters. The molecule has 2 aromatic carbocycles. The van der Waals surface area contributed by atoms with Gasteiger partial charge in [0.05, 0.1) is 23.5 Å². The van der Waals surface area contributed by atoms with Crippen LogP contribution in [-0.4, -0.2) is 35.1 Å². The SMILES string of the molecule is CCOc1ccc2c(N)c(-c3ccc(C(=O)N(CC)CC)cc3)n(C3CCC3)c2c1. The van der Waals surface area contributed by atoms with E-state index in [4.69, 9.17) is 10.5 Å². The molecule has 1 aliphatic carbocycles. The monoisotopic (exact) mass is 405 g/mol. The third-order valence-electron chi connectivity index (χ3n) is 6.22. The molecule has 4 rings (SSSR count). The number of carbonyl (C=O) groups is 1. The number of aromatic nitrogens is 1. The summed E-state index contributed by atoms with van der Waals surface area (Å²) in [6.07, 6.45) is 3.56. The summed E-state index contributed by atoms with van der Waals surface area (Å²) in [6.45, 7) is 8.06. The molecule has 0 aliphatic heterocycles. The predicted molar refractivity (Wildman–Crippen MR) is 123 cm³/mol. The van der Waals surface area contributed by atoms with Crippen molar-refractivity contribution in [1.82, 2.24) is 9.47 Å². The first-order valence-corrected chi connectivity index (χ1v) is 11.0. The molecule has 158 valence electrons. The first kappa shape index (κ1) is 20.3. The molecule has 2 N–H and O–H groups in total. The zero-order chi connectivity index (χ0) is 21.3. The summed E-state index contributed by atoms with van der Waals surface area (Å²) in [5, 5.41) is 1.06. The zero-order valence-electron chi connectivity index (χ0n) is 18.1. The number of benzene rings is 2. The molecular formula is C25H31N3O2. The van der Waals surface area contributed by atoms with Gasteiger partial charge < -0.3 is 19.9 Å². The molecule has 0 saturated heterocycles. The summed E-state index contributed by atoms with van der Waals surface area (Å²) in [5.41, 5.74) is 11.4. The molecule has 0 radical (unpaired) electrons. The molecule has 5 nitrogen and oxygen atoms in total. The molecule has 3 aromatic rings. The lowest BCUT2D eigenvalue weighted by Crippen LogP contribution is -2.30. The molecule has 0 spiro atoms. The van der Waals surface area contributed by atoms with Gasteiger partial charge in [-0.3, -0.25) is 4.79 Å². The molecule has 1 amide bonds. The van der Waals surface area contributed by atoms with Crippen molar-refractivity contribution in [3.8, 4) is 17.0 Å². The Labute approximate surface area is 178 Å². The fourth-order valence-electron chi connectivity index (χ4n) is 4.36. The van der Waals surface area contributed by atoms with Gasteiger partial charge >= 0.3 is 0 Å². The fraction of sp³-hybridized carbons (Fsp3) is 0.400. The lowest BCUT2D eigenvalue weighted by Gasteiger charge is -2.30. The van der Waals surface area contributed by atoms with Gasteiger partial charge in [-0.1, -0.05) is 12.1 Å². The number of nitrogens with zero attached hydrogens (tertiary/aromatic N) is 2. The van der Waals surface area contributed by atoms with Gasteiger partial charge in [0.15, 0.2) is 0 Å². The minimum absolute atomic E-state index is 0.0698. The van der Waals surface area contributed by atoms with Crippen molar-refractivity contribution in [2.45, 2.75) is 46.1 Å². The van der Waals surface area contributed by atoms with E-state index < -0.39 is 0 Å². The lowest BCUT2D eigenvalue weighted by atomic mass is 9.92. The highest BCUT2D eigenvalue weighted by Gasteiger charge is 2.27. The summed E-state index contributed by atoms with van der Waals surface area (Å²) in [5.74, 6) is 0.940. The average molecular weight is 406 g/mol. The molecule has 1 fully saturated rings. The van der Waals surface area contributed by atoms with Crippen LogP contribution >= 0.6 is 0 Å². The highest BCUT2D eigenvalue weighted by Crippen LogP contribution is 2.44. The Morgan fingerprint density at radius 2 is 1.80 bits per heavy atom. The van der Waals surface area contributed by atoms with Gasteiger partial charge in [-0.25, -0.2) is 0 Å². The first-order valence-electron chi connectivity index (χ1n) is 11.0. The maximum atomic E-state index is 12.7. The predicted octanol–water partition coefficient (Wildman–Crippen LogP) is 5.50. The number of anilines is 1. The highest BCUT2D eigenvalue weighted by atomic mass is 16.5. The van der Waals surface area contributed by atoms with Crippen LogP contribution in [0.1, 0.15) is 56.4 Å². The van der Waals surface area contributed by atoms with E-state index in [-0.39, 0.29) is 5.91 Å². The number of carbonyl (C=O) groups excluding carboxylic acids is 1. The number of fused-ring (bicyclic) bond motifs is 1. The maximum Gasteiger partial charge on any atom is 0.253 e. The van der Waals surface area contributed by atoms with E-state index in [0.29, 0.717) is 31.3 Å². The molecule has 0 bridgehead atoms. The highest BCUT2D eigenvalue weighted by molar-refractivity contribution is 6.02. The number of ether oxygens (including phenoxy) is 1. The van der Waals surface area contributed by atoms with Crippen LogP contribution < -0.4 is 10.5 Å². The number of rotatable bonds is 7. The largest absolute Gasteiger partial charge is 0.494 e. The first-order chi connectivity index (χ1) is 14.6. The van der Waals surface area contributed by atoms with Crippen LogP contribution in [0.4, 0.5) is 5.69 Å². The van der Waals surface area contributed by atoms with Crippen LogP contribution in [0.15, 0.2) is 42.5 Å². The topological polar surface area (TPSA) is 60.5 Å². The summed E-state index contributed by atoms with van der Waals surface area (Å²) in [4.78, 5) is 14.5. The van der Waals surface area contributed by atoms with Crippen molar-refractivity contribution >= 4 is 22.5 Å². The standard InChI is InChI=1S/C25H31N3O2/c1-4-27(5-2)25(29)18-12-10-17(11-13-18)24-23(26)21-15-14-20(30-6-3)16-22(21)28(24)19-8-7-9-19/h10-16,19H,4-9,26H2,1-3H3. The van der Waals surface area contributed by atoms with Crippen molar-refractivity contribution < 1.29 is 9.53 Å². The van der Waals surface area contributed by atoms with Crippen LogP contribution in [0, 0.1) is 0 Å². The van der Waals surface area contributed by atoms with Crippen LogP contribution in [0.5, 0.6) is 5.75 Å². The van der Waals surface area contributed by atoms with Crippen LogP contribution in [-0.2, 0) is 0 Å². The van der Waals surface area contributed by atoms with Crippen molar-refractivity contribution in [3.05, 3.63) is 48.0 Å². The Kier molecular flexibility index (Phi) is 5.71. The Morgan fingerprint density at radius 1 is 1.10 bits per heavy atom. The van der Waals surface area contributed by atoms with Gasteiger partial charge in [-0.2, -0.15) is 0 Å². The van der Waals surface area contributed by atoms with E-state index in [0.717, 1.165) is 46.4 Å². The second kappa shape index (κ2) is 8.42. The van der Waals surface area contributed by atoms with Gasteiger partial charge in [0.2, 0.25) is 0 Å². The summed E-state index contributed by atoms with van der Waals surface area (Å²) < 4.78 is 8.13. The van der Waals surface area contributed by atoms with E-state index in [9.17, 15) is 4.79 Å². The number of hydrogen-bond acceptors (Lipinski definition) is 3. The molecule has 0 unspecified atom stereocenters. The third kappa shape index (κ3) is 3.42. The van der Waals surface area contributed by atoms with Crippen molar-refractivity contribution in [2.75, 3.05) is 25.4 Å². The van der Waals surface area contributed by atoms with Gasteiger partial charge in [0.25, 0.3) is 5.91 Å². The Morgan fingerprint density at radius 3 is 2.37 bits per heavy atom. The average Bonchev–Trinajstić information content (AvgIpc) is 3.00. The van der Waals surface area contributed by atoms with E-state index in [2.05, 4.69) is 16.7 Å². The minimum Gasteiger partial charge on any atom is -0.494 e.